The highest BCUT2D eigenvalue weighted by Crippen LogP contribution is 2.37. The molecule has 8 heteroatoms. The summed E-state index contributed by atoms with van der Waals surface area (Å²) in [4.78, 5) is 31.5. The van der Waals surface area contributed by atoms with Gasteiger partial charge in [0.15, 0.2) is 17.8 Å². The highest BCUT2D eigenvalue weighted by atomic mass is 16.8. The molecule has 8 nitrogen and oxygen atoms in total. The Bertz CT molecular complexity index is 673. The van der Waals surface area contributed by atoms with Crippen molar-refractivity contribution in [3.8, 4) is 11.5 Å². The van der Waals surface area contributed by atoms with E-state index in [9.17, 15) is 9.59 Å². The lowest BCUT2D eigenvalue weighted by atomic mass is 10.1. The van der Waals surface area contributed by atoms with Crippen molar-refractivity contribution in [1.29, 1.82) is 0 Å². The Balaban J connectivity index is 1.35. The molecule has 1 N–H and O–H groups in total. The number of carbonyl (C=O) groups excluding carboxylic acids is 2. The Labute approximate surface area is 144 Å². The van der Waals surface area contributed by atoms with Gasteiger partial charge >= 0.3 is 0 Å². The number of carbonyl (C=O) groups is 2. The number of hydrogen-bond acceptors (Lipinski definition) is 6. The Morgan fingerprint density at radius 1 is 1.24 bits per heavy atom. The molecule has 0 saturated carbocycles. The summed E-state index contributed by atoms with van der Waals surface area (Å²) in [5.41, 5.74) is 3.14. The van der Waals surface area contributed by atoms with Crippen LogP contribution in [0.25, 0.3) is 0 Å². The molecule has 2 amide bonds. The third-order valence-corrected chi connectivity index (χ3v) is 4.59. The Kier molecular flexibility index (Phi) is 4.46. The van der Waals surface area contributed by atoms with E-state index in [-0.39, 0.29) is 25.0 Å². The highest BCUT2D eigenvalue weighted by molar-refractivity contribution is 6.00. The van der Waals surface area contributed by atoms with Crippen molar-refractivity contribution in [2.24, 2.45) is 5.92 Å². The first-order chi connectivity index (χ1) is 12.2. The fraction of sp³-hybridized carbons (Fsp3) is 0.529. The van der Waals surface area contributed by atoms with Crippen molar-refractivity contribution in [2.45, 2.75) is 32.0 Å². The van der Waals surface area contributed by atoms with Gasteiger partial charge in [0, 0.05) is 37.7 Å². The number of ether oxygens (including phenoxy) is 3. The first kappa shape index (κ1) is 16.2. The first-order valence-corrected chi connectivity index (χ1v) is 8.48. The maximum absolute atomic E-state index is 12.3. The lowest BCUT2D eigenvalue weighted by molar-refractivity contribution is -0.201. The van der Waals surface area contributed by atoms with E-state index < -0.39 is 12.2 Å². The molecule has 1 aromatic rings. The Hall–Kier alpha value is -2.32. The van der Waals surface area contributed by atoms with Gasteiger partial charge in [-0.1, -0.05) is 0 Å². The van der Waals surface area contributed by atoms with Gasteiger partial charge in [-0.05, 0) is 25.0 Å². The lowest BCUT2D eigenvalue weighted by Gasteiger charge is -2.23. The summed E-state index contributed by atoms with van der Waals surface area (Å²) >= 11 is 0. The quantitative estimate of drug-likeness (QED) is 0.827. The molecule has 0 aliphatic carbocycles. The van der Waals surface area contributed by atoms with Gasteiger partial charge in [0.25, 0.3) is 0 Å². The van der Waals surface area contributed by atoms with Gasteiger partial charge in [-0.3, -0.25) is 9.59 Å². The molecule has 0 spiro atoms. The second-order valence-electron chi connectivity index (χ2n) is 6.32. The van der Waals surface area contributed by atoms with Crippen LogP contribution in [0.15, 0.2) is 18.2 Å². The van der Waals surface area contributed by atoms with Crippen molar-refractivity contribution in [3.05, 3.63) is 18.2 Å². The highest BCUT2D eigenvalue weighted by Gasteiger charge is 2.36. The first-order valence-electron chi connectivity index (χ1n) is 8.48. The topological polar surface area (TPSA) is 86.3 Å². The maximum Gasteiger partial charge on any atom is 0.249 e. The molecule has 3 heterocycles. The van der Waals surface area contributed by atoms with Crippen LogP contribution < -0.4 is 19.9 Å². The van der Waals surface area contributed by atoms with Crippen LogP contribution in [0.1, 0.15) is 25.7 Å². The Morgan fingerprint density at radius 3 is 2.96 bits per heavy atom. The van der Waals surface area contributed by atoms with E-state index in [1.54, 1.807) is 23.1 Å². The molecule has 0 radical (unpaired) electrons. The lowest BCUT2D eigenvalue weighted by Crippen LogP contribution is -2.37. The molecule has 3 aliphatic heterocycles. The number of nitrogens with zero attached hydrogens (tertiary/aromatic N) is 1. The molecule has 1 aromatic carbocycles. The van der Waals surface area contributed by atoms with Crippen molar-refractivity contribution < 1.29 is 28.6 Å². The van der Waals surface area contributed by atoms with Crippen LogP contribution >= 0.6 is 0 Å². The molecule has 4 rings (SSSR count). The van der Waals surface area contributed by atoms with E-state index in [2.05, 4.69) is 5.48 Å². The second kappa shape index (κ2) is 6.89. The number of rotatable bonds is 4. The molecule has 0 aromatic heterocycles. The molecule has 3 aliphatic rings. The number of hydrogen-bond donors (Lipinski definition) is 1. The maximum atomic E-state index is 12.3. The van der Waals surface area contributed by atoms with Crippen molar-refractivity contribution in [1.82, 2.24) is 5.48 Å². The minimum Gasteiger partial charge on any atom is -0.454 e. The number of nitrogens with one attached hydrogen (secondary N) is 1. The molecule has 25 heavy (non-hydrogen) atoms. The SMILES string of the molecule is O=C(NO[C@@H]1CCCCO1)[C@H]1CC(=O)N(c2ccc3c(c2)OCO3)C1. The molecule has 2 fully saturated rings. The fourth-order valence-corrected chi connectivity index (χ4v) is 3.20. The zero-order valence-corrected chi connectivity index (χ0v) is 13.7. The number of amides is 2. The minimum atomic E-state index is -0.457. The number of hydroxylamine groups is 1. The predicted octanol–water partition coefficient (Wildman–Crippen LogP) is 1.34. The fourth-order valence-electron chi connectivity index (χ4n) is 3.20. The zero-order chi connectivity index (χ0) is 17.2. The van der Waals surface area contributed by atoms with Gasteiger partial charge in [0.1, 0.15) is 0 Å². The molecule has 0 bridgehead atoms. The van der Waals surface area contributed by atoms with Gasteiger partial charge < -0.3 is 19.1 Å². The standard InChI is InChI=1S/C17H20N2O6/c20-15-7-11(17(21)18-25-16-3-1-2-6-22-16)9-19(15)12-4-5-13-14(8-12)24-10-23-13/h4-5,8,11,16H,1-3,6-7,9-10H2,(H,18,21)/t11-,16+/m0/s1. The third kappa shape index (κ3) is 3.40. The summed E-state index contributed by atoms with van der Waals surface area (Å²) in [6.45, 7) is 1.12. The van der Waals surface area contributed by atoms with Gasteiger partial charge in [0.05, 0.1) is 5.92 Å². The van der Waals surface area contributed by atoms with Crippen LogP contribution in [0.2, 0.25) is 0 Å². The normalized spacial score (nSPS) is 25.3. The molecule has 0 unspecified atom stereocenters. The van der Waals surface area contributed by atoms with E-state index in [0.29, 0.717) is 30.3 Å². The van der Waals surface area contributed by atoms with Crippen molar-refractivity contribution in [2.75, 3.05) is 24.8 Å². The minimum absolute atomic E-state index is 0.104. The van der Waals surface area contributed by atoms with E-state index >= 15 is 0 Å². The van der Waals surface area contributed by atoms with Gasteiger partial charge in [-0.15, -0.1) is 0 Å². The van der Waals surface area contributed by atoms with E-state index in [0.717, 1.165) is 19.3 Å². The monoisotopic (exact) mass is 348 g/mol. The number of fused-ring (bicyclic) bond motifs is 1. The third-order valence-electron chi connectivity index (χ3n) is 4.59. The van der Waals surface area contributed by atoms with Gasteiger partial charge in [0.2, 0.25) is 18.6 Å². The summed E-state index contributed by atoms with van der Waals surface area (Å²) in [6.07, 6.45) is 2.53. The second-order valence-corrected chi connectivity index (χ2v) is 6.32. The van der Waals surface area contributed by atoms with Crippen LogP contribution in [-0.4, -0.2) is 38.0 Å². The smallest absolute Gasteiger partial charge is 0.249 e. The molecule has 2 saturated heterocycles. The summed E-state index contributed by atoms with van der Waals surface area (Å²) in [6, 6.07) is 5.31. The molecule has 134 valence electrons. The summed E-state index contributed by atoms with van der Waals surface area (Å²) in [5, 5.41) is 0. The zero-order valence-electron chi connectivity index (χ0n) is 13.7. The van der Waals surface area contributed by atoms with E-state index in [1.165, 1.54) is 0 Å². The number of anilines is 1. The van der Waals surface area contributed by atoms with Crippen molar-refractivity contribution in [3.63, 3.8) is 0 Å². The van der Waals surface area contributed by atoms with E-state index in [1.807, 2.05) is 0 Å². The molecule has 2 atom stereocenters. The summed E-state index contributed by atoms with van der Waals surface area (Å²) < 4.78 is 16.0. The largest absolute Gasteiger partial charge is 0.454 e. The van der Waals surface area contributed by atoms with Crippen LogP contribution in [0.4, 0.5) is 5.69 Å². The molecular formula is C17H20N2O6. The van der Waals surface area contributed by atoms with Gasteiger partial charge in [-0.2, -0.15) is 0 Å². The average Bonchev–Trinajstić information content (AvgIpc) is 3.26. The van der Waals surface area contributed by atoms with Crippen LogP contribution in [0.3, 0.4) is 0 Å². The molecular weight excluding hydrogens is 328 g/mol. The average molecular weight is 348 g/mol. The van der Waals surface area contributed by atoms with Crippen LogP contribution in [0, 0.1) is 5.92 Å². The summed E-state index contributed by atoms with van der Waals surface area (Å²) in [5.74, 6) is 0.404. The number of benzene rings is 1. The van der Waals surface area contributed by atoms with Crippen molar-refractivity contribution >= 4 is 17.5 Å². The predicted molar refractivity (Wildman–Crippen MR) is 85.8 cm³/mol. The van der Waals surface area contributed by atoms with E-state index in [4.69, 9.17) is 19.0 Å². The van der Waals surface area contributed by atoms with Crippen LogP contribution in [0.5, 0.6) is 11.5 Å². The summed E-state index contributed by atoms with van der Waals surface area (Å²) in [7, 11) is 0. The Morgan fingerprint density at radius 2 is 2.12 bits per heavy atom. The van der Waals surface area contributed by atoms with Crippen LogP contribution in [-0.2, 0) is 19.2 Å². The van der Waals surface area contributed by atoms with Gasteiger partial charge in [-0.25, -0.2) is 10.3 Å².